The Bertz CT molecular complexity index is 629. The van der Waals surface area contributed by atoms with Crippen LogP contribution >= 0.6 is 0 Å². The molecule has 0 saturated carbocycles. The predicted molar refractivity (Wildman–Crippen MR) is 190 cm³/mol. The van der Waals surface area contributed by atoms with Gasteiger partial charge in [-0.2, -0.15) is 0 Å². The van der Waals surface area contributed by atoms with Crippen LogP contribution in [0, 0.1) is 0 Å². The minimum atomic E-state index is -0.709. The van der Waals surface area contributed by atoms with Crippen LogP contribution in [-0.2, 0) is 14.3 Å². The Labute approximate surface area is 275 Å². The highest BCUT2D eigenvalue weighted by Gasteiger charge is 2.14. The van der Waals surface area contributed by atoms with Gasteiger partial charge in [0.05, 0.1) is 0 Å². The molecular weight excluding hydrogens is 544 g/mol. The molecule has 4 nitrogen and oxygen atoms in total. The molecule has 4 heteroatoms. The Morgan fingerprint density at radius 3 is 1.23 bits per heavy atom. The number of rotatable bonds is 36. The standard InChI is InChI=1S/C40H76O4/c1-3-5-7-9-11-13-15-17-18-19-21-23-25-27-33-37-40(43)44-38(35-31-28-29-32-36-39(41)42)34-30-26-24-22-20-16-14-12-10-8-6-4-2/h17-18,38H,3-16,19-37H2,1-2H3,(H,41,42)/b18-17-. The first-order valence-corrected chi connectivity index (χ1v) is 19.7. The quantitative estimate of drug-likeness (QED) is 0.0430. The highest BCUT2D eigenvalue weighted by atomic mass is 16.5. The predicted octanol–water partition coefficient (Wildman–Crippen LogP) is 13.5. The number of ether oxygens (including phenoxy) is 1. The van der Waals surface area contributed by atoms with Crippen molar-refractivity contribution in [1.82, 2.24) is 0 Å². The summed E-state index contributed by atoms with van der Waals surface area (Å²) < 4.78 is 5.97. The van der Waals surface area contributed by atoms with E-state index in [1.165, 1.54) is 141 Å². The van der Waals surface area contributed by atoms with Gasteiger partial charge in [-0.05, 0) is 64.2 Å². The van der Waals surface area contributed by atoms with E-state index in [-0.39, 0.29) is 18.5 Å². The molecule has 0 amide bonds. The summed E-state index contributed by atoms with van der Waals surface area (Å²) in [5.74, 6) is -0.725. The lowest BCUT2D eigenvalue weighted by molar-refractivity contribution is -0.150. The second-order valence-electron chi connectivity index (χ2n) is 13.5. The van der Waals surface area contributed by atoms with Crippen LogP contribution in [0.25, 0.3) is 0 Å². The average molecular weight is 621 g/mol. The summed E-state index contributed by atoms with van der Waals surface area (Å²) >= 11 is 0. The number of carboxylic acids is 1. The number of carbonyl (C=O) groups excluding carboxylic acids is 1. The maximum absolute atomic E-state index is 12.6. The third-order valence-electron chi connectivity index (χ3n) is 8.99. The van der Waals surface area contributed by atoms with Gasteiger partial charge >= 0.3 is 11.9 Å². The summed E-state index contributed by atoms with van der Waals surface area (Å²) in [7, 11) is 0. The van der Waals surface area contributed by atoms with Crippen molar-refractivity contribution in [3.8, 4) is 0 Å². The van der Waals surface area contributed by atoms with Gasteiger partial charge in [0.25, 0.3) is 0 Å². The lowest BCUT2D eigenvalue weighted by Crippen LogP contribution is -2.18. The lowest BCUT2D eigenvalue weighted by Gasteiger charge is -2.18. The Kier molecular flexibility index (Phi) is 35.1. The van der Waals surface area contributed by atoms with Gasteiger partial charge in [0.15, 0.2) is 0 Å². The van der Waals surface area contributed by atoms with Gasteiger partial charge in [0.1, 0.15) is 6.10 Å². The molecule has 0 spiro atoms. The highest BCUT2D eigenvalue weighted by Crippen LogP contribution is 2.19. The second-order valence-corrected chi connectivity index (χ2v) is 13.5. The molecule has 0 rings (SSSR count). The van der Waals surface area contributed by atoms with Crippen LogP contribution in [0.5, 0.6) is 0 Å². The zero-order valence-corrected chi connectivity index (χ0v) is 29.7. The van der Waals surface area contributed by atoms with Gasteiger partial charge in [-0.3, -0.25) is 9.59 Å². The minimum absolute atomic E-state index is 0.0163. The van der Waals surface area contributed by atoms with Crippen LogP contribution in [-0.4, -0.2) is 23.1 Å². The molecule has 0 aliphatic carbocycles. The van der Waals surface area contributed by atoms with Crippen molar-refractivity contribution in [2.45, 2.75) is 232 Å². The van der Waals surface area contributed by atoms with E-state index in [2.05, 4.69) is 26.0 Å². The number of carbonyl (C=O) groups is 2. The molecule has 44 heavy (non-hydrogen) atoms. The van der Waals surface area contributed by atoms with E-state index < -0.39 is 5.97 Å². The maximum Gasteiger partial charge on any atom is 0.306 e. The van der Waals surface area contributed by atoms with Crippen molar-refractivity contribution in [1.29, 1.82) is 0 Å². The van der Waals surface area contributed by atoms with Crippen LogP contribution in [0.2, 0.25) is 0 Å². The van der Waals surface area contributed by atoms with E-state index in [0.717, 1.165) is 57.8 Å². The molecule has 0 heterocycles. The fraction of sp³-hybridized carbons (Fsp3) is 0.900. The molecule has 0 aromatic rings. The fourth-order valence-electron chi connectivity index (χ4n) is 6.06. The Morgan fingerprint density at radius 2 is 0.818 bits per heavy atom. The molecule has 1 unspecified atom stereocenters. The average Bonchev–Trinajstić information content (AvgIpc) is 3.01. The van der Waals surface area contributed by atoms with Crippen molar-refractivity contribution in [2.24, 2.45) is 0 Å². The van der Waals surface area contributed by atoms with E-state index in [0.29, 0.717) is 6.42 Å². The summed E-state index contributed by atoms with van der Waals surface area (Å²) in [4.78, 5) is 23.4. The molecule has 0 radical (unpaired) electrons. The Morgan fingerprint density at radius 1 is 0.477 bits per heavy atom. The molecular formula is C40H76O4. The van der Waals surface area contributed by atoms with Gasteiger partial charge in [-0.25, -0.2) is 0 Å². The van der Waals surface area contributed by atoms with Crippen molar-refractivity contribution in [3.05, 3.63) is 12.2 Å². The third-order valence-corrected chi connectivity index (χ3v) is 8.99. The van der Waals surface area contributed by atoms with Gasteiger partial charge in [0.2, 0.25) is 0 Å². The van der Waals surface area contributed by atoms with Crippen LogP contribution in [0.1, 0.15) is 226 Å². The normalized spacial score (nSPS) is 12.2. The van der Waals surface area contributed by atoms with Gasteiger partial charge < -0.3 is 9.84 Å². The van der Waals surface area contributed by atoms with Crippen molar-refractivity contribution in [3.63, 3.8) is 0 Å². The van der Waals surface area contributed by atoms with E-state index in [1.807, 2.05) is 0 Å². The number of allylic oxidation sites excluding steroid dienone is 2. The van der Waals surface area contributed by atoms with Gasteiger partial charge in [-0.15, -0.1) is 0 Å². The fourth-order valence-corrected chi connectivity index (χ4v) is 6.06. The lowest BCUT2D eigenvalue weighted by atomic mass is 10.0. The van der Waals surface area contributed by atoms with Crippen LogP contribution in [0.3, 0.4) is 0 Å². The zero-order valence-electron chi connectivity index (χ0n) is 29.7. The van der Waals surface area contributed by atoms with E-state index in [9.17, 15) is 9.59 Å². The molecule has 0 aliphatic rings. The van der Waals surface area contributed by atoms with Crippen LogP contribution in [0.15, 0.2) is 12.2 Å². The summed E-state index contributed by atoms with van der Waals surface area (Å²) in [5.41, 5.74) is 0. The Hall–Kier alpha value is -1.32. The molecule has 0 bridgehead atoms. The molecule has 0 aromatic carbocycles. The zero-order chi connectivity index (χ0) is 32.2. The monoisotopic (exact) mass is 621 g/mol. The second kappa shape index (κ2) is 36.2. The third kappa shape index (κ3) is 35.2. The summed E-state index contributed by atoms with van der Waals surface area (Å²) in [6.07, 6.45) is 43.7. The first-order chi connectivity index (χ1) is 21.6. The molecule has 0 aliphatic heterocycles. The maximum atomic E-state index is 12.6. The van der Waals surface area contributed by atoms with E-state index in [1.54, 1.807) is 0 Å². The van der Waals surface area contributed by atoms with Crippen LogP contribution < -0.4 is 0 Å². The summed E-state index contributed by atoms with van der Waals surface area (Å²) in [5, 5.41) is 8.84. The van der Waals surface area contributed by atoms with Crippen molar-refractivity contribution >= 4 is 11.9 Å². The first kappa shape index (κ1) is 42.7. The number of esters is 1. The molecule has 0 saturated heterocycles. The highest BCUT2D eigenvalue weighted by molar-refractivity contribution is 5.69. The number of hydrogen-bond donors (Lipinski definition) is 1. The minimum Gasteiger partial charge on any atom is -0.481 e. The number of unbranched alkanes of at least 4 members (excludes halogenated alkanes) is 25. The number of carboxylic acid groups (broad SMARTS) is 1. The molecule has 0 fully saturated rings. The van der Waals surface area contributed by atoms with Crippen LogP contribution in [0.4, 0.5) is 0 Å². The molecule has 0 aromatic heterocycles. The smallest absolute Gasteiger partial charge is 0.306 e. The largest absolute Gasteiger partial charge is 0.481 e. The number of aliphatic carboxylic acids is 1. The van der Waals surface area contributed by atoms with Gasteiger partial charge in [-0.1, -0.05) is 161 Å². The Balaban J connectivity index is 3.98. The molecule has 260 valence electrons. The summed E-state index contributed by atoms with van der Waals surface area (Å²) in [6.45, 7) is 4.55. The van der Waals surface area contributed by atoms with E-state index >= 15 is 0 Å². The van der Waals surface area contributed by atoms with Crippen molar-refractivity contribution in [2.75, 3.05) is 0 Å². The molecule has 1 atom stereocenters. The number of hydrogen-bond acceptors (Lipinski definition) is 3. The SMILES string of the molecule is CCCCCCCC/C=C\CCCCCCCC(=O)OC(CCCCCCCCCCCCCC)CCCCCCC(=O)O. The topological polar surface area (TPSA) is 63.6 Å². The van der Waals surface area contributed by atoms with Gasteiger partial charge in [0, 0.05) is 12.8 Å². The van der Waals surface area contributed by atoms with Crippen molar-refractivity contribution < 1.29 is 19.4 Å². The first-order valence-electron chi connectivity index (χ1n) is 19.7. The molecule has 1 N–H and O–H groups in total. The summed E-state index contributed by atoms with van der Waals surface area (Å²) in [6, 6.07) is 0. The van der Waals surface area contributed by atoms with E-state index in [4.69, 9.17) is 9.84 Å².